The molecule has 0 aromatic heterocycles. The van der Waals surface area contributed by atoms with Crippen molar-refractivity contribution in [2.24, 2.45) is 0 Å². The van der Waals surface area contributed by atoms with Crippen LogP contribution in [0.4, 0.5) is 0 Å². The first kappa shape index (κ1) is 19.4. The van der Waals surface area contributed by atoms with Crippen molar-refractivity contribution < 1.29 is 29.9 Å². The van der Waals surface area contributed by atoms with Crippen LogP contribution in [0.15, 0.2) is 41.3 Å². The van der Waals surface area contributed by atoms with E-state index in [1.165, 1.54) is 0 Å². The molecule has 1 atom stereocenters. The third-order valence-corrected chi connectivity index (χ3v) is 9.09. The van der Waals surface area contributed by atoms with Gasteiger partial charge in [-0.1, -0.05) is 0 Å². The Morgan fingerprint density at radius 1 is 1.24 bits per heavy atom. The summed E-state index contributed by atoms with van der Waals surface area (Å²) in [6.07, 6.45) is 0. The van der Waals surface area contributed by atoms with Crippen LogP contribution >= 0.6 is 23.2 Å². The Labute approximate surface area is 169 Å². The Morgan fingerprint density at radius 3 is 2.72 bits per heavy atom. The molecule has 2 aromatic carbocycles. The Bertz CT molecular complexity index is 906. The van der Waals surface area contributed by atoms with E-state index < -0.39 is 31.5 Å². The zero-order chi connectivity index (χ0) is 18.2. The van der Waals surface area contributed by atoms with Gasteiger partial charge in [0.1, 0.15) is 0 Å². The van der Waals surface area contributed by atoms with Gasteiger partial charge in [-0.15, -0.1) is 0 Å². The second kappa shape index (κ2) is 7.70. The van der Waals surface area contributed by atoms with E-state index in [1.54, 1.807) is 24.3 Å². The van der Waals surface area contributed by atoms with Gasteiger partial charge < -0.3 is 0 Å². The number of fused-ring (bicyclic) bond motifs is 1. The van der Waals surface area contributed by atoms with Gasteiger partial charge in [0.2, 0.25) is 0 Å². The molecular formula is C17H18Cl2IN2O2S-. The number of sulfonamides is 1. The number of hydrogen-bond acceptors (Lipinski definition) is 3. The van der Waals surface area contributed by atoms with Crippen LogP contribution in [0, 0.1) is 0 Å². The van der Waals surface area contributed by atoms with Crippen molar-refractivity contribution in [1.82, 2.24) is 7.84 Å². The first-order chi connectivity index (χ1) is 11.8. The van der Waals surface area contributed by atoms with Crippen LogP contribution < -0.4 is 24.4 Å². The molecule has 2 aromatic rings. The SMILES string of the molecule is C[I-]NS(=O)(=O)c1cccc(C2CN(C)Cc3c(Cl)cc(Cl)cc32)c1. The van der Waals surface area contributed by atoms with Crippen molar-refractivity contribution in [2.45, 2.75) is 17.4 Å². The third-order valence-electron chi connectivity index (χ3n) is 4.24. The fraction of sp³-hybridized carbons (Fsp3) is 0.294. The molecule has 1 heterocycles. The molecule has 4 nitrogen and oxygen atoms in total. The van der Waals surface area contributed by atoms with Gasteiger partial charge >= 0.3 is 170 Å². The van der Waals surface area contributed by atoms with Gasteiger partial charge in [-0.05, 0) is 0 Å². The molecule has 0 saturated carbocycles. The molecule has 1 N–H and O–H groups in total. The average Bonchev–Trinajstić information content (AvgIpc) is 2.55. The number of nitrogens with zero attached hydrogens (tertiary/aromatic N) is 1. The summed E-state index contributed by atoms with van der Waals surface area (Å²) in [4.78, 5) is 4.36. The Kier molecular flexibility index (Phi) is 5.97. The number of alkyl halides is 1. The van der Waals surface area contributed by atoms with Crippen molar-refractivity contribution in [1.29, 1.82) is 0 Å². The molecule has 0 amide bonds. The van der Waals surface area contributed by atoms with Crippen molar-refractivity contribution in [3.05, 3.63) is 63.1 Å². The van der Waals surface area contributed by atoms with Gasteiger partial charge in [0.25, 0.3) is 0 Å². The van der Waals surface area contributed by atoms with E-state index in [0.29, 0.717) is 14.9 Å². The van der Waals surface area contributed by atoms with Crippen molar-refractivity contribution in [2.75, 3.05) is 18.5 Å². The van der Waals surface area contributed by atoms with Crippen molar-refractivity contribution in [3.63, 3.8) is 0 Å². The summed E-state index contributed by atoms with van der Waals surface area (Å²) in [5, 5.41) is 1.25. The second-order valence-corrected chi connectivity index (χ2v) is 10.9. The molecule has 136 valence electrons. The molecular weight excluding hydrogens is 494 g/mol. The Balaban J connectivity index is 2.09. The van der Waals surface area contributed by atoms with Crippen LogP contribution in [0.25, 0.3) is 0 Å². The summed E-state index contributed by atoms with van der Waals surface area (Å²) in [5.41, 5.74) is 3.07. The Hall–Kier alpha value is -0.380. The number of rotatable bonds is 4. The van der Waals surface area contributed by atoms with Crippen molar-refractivity contribution >= 4 is 33.2 Å². The molecule has 3 rings (SSSR count). The standard InChI is InChI=1S/C17H18Cl2IN2O2S/c1-20-21-25(23,24)13-5-3-4-11(6-13)15-9-22(2)10-16-14(15)7-12(18)8-17(16)19/h3-8,15,21H,9-10H2,1-2H3/q-1. The fourth-order valence-electron chi connectivity index (χ4n) is 3.18. The van der Waals surface area contributed by atoms with E-state index in [4.69, 9.17) is 23.2 Å². The van der Waals surface area contributed by atoms with Crippen molar-refractivity contribution in [3.8, 4) is 0 Å². The van der Waals surface area contributed by atoms with Crippen LogP contribution in [0.2, 0.25) is 10.0 Å². The number of hydrogen-bond donors (Lipinski definition) is 1. The molecule has 0 aliphatic carbocycles. The summed E-state index contributed by atoms with van der Waals surface area (Å²) >= 11 is 12.0. The van der Waals surface area contributed by atoms with Gasteiger partial charge in [0.15, 0.2) is 0 Å². The molecule has 1 aliphatic heterocycles. The summed E-state index contributed by atoms with van der Waals surface area (Å²) in [7, 11) is -1.41. The van der Waals surface area contributed by atoms with Gasteiger partial charge in [-0.3, -0.25) is 0 Å². The molecule has 0 saturated heterocycles. The average molecular weight is 512 g/mol. The number of halogens is 3. The molecule has 1 unspecified atom stereocenters. The van der Waals surface area contributed by atoms with Crippen LogP contribution in [-0.2, 0) is 16.6 Å². The van der Waals surface area contributed by atoms with Crippen LogP contribution in [0.1, 0.15) is 22.6 Å². The summed E-state index contributed by atoms with van der Waals surface area (Å²) in [6, 6.07) is 10.8. The van der Waals surface area contributed by atoms with Gasteiger partial charge in [-0.2, -0.15) is 0 Å². The fourth-order valence-corrected chi connectivity index (χ4v) is 7.09. The topological polar surface area (TPSA) is 49.4 Å². The molecule has 0 fully saturated rings. The van der Waals surface area contributed by atoms with Crippen LogP contribution in [0.3, 0.4) is 0 Å². The predicted octanol–water partition coefficient (Wildman–Crippen LogP) is 0.483. The maximum atomic E-state index is 12.3. The summed E-state index contributed by atoms with van der Waals surface area (Å²) in [5.74, 6) is 0.0245. The van der Waals surface area contributed by atoms with E-state index in [1.807, 2.05) is 24.1 Å². The van der Waals surface area contributed by atoms with Crippen LogP contribution in [-0.4, -0.2) is 31.8 Å². The molecule has 0 spiro atoms. The number of nitrogens with one attached hydrogen (secondary N) is 1. The molecule has 0 radical (unpaired) electrons. The number of benzene rings is 2. The van der Waals surface area contributed by atoms with Gasteiger partial charge in [0.05, 0.1) is 0 Å². The van der Waals surface area contributed by atoms with E-state index >= 15 is 0 Å². The van der Waals surface area contributed by atoms with Gasteiger partial charge in [-0.25, -0.2) is 0 Å². The summed E-state index contributed by atoms with van der Waals surface area (Å²) < 4.78 is 27.3. The molecule has 0 bridgehead atoms. The predicted molar refractivity (Wildman–Crippen MR) is 97.3 cm³/mol. The molecule has 25 heavy (non-hydrogen) atoms. The Morgan fingerprint density at radius 2 is 2.00 bits per heavy atom. The molecule has 8 heteroatoms. The monoisotopic (exact) mass is 511 g/mol. The first-order valence-electron chi connectivity index (χ1n) is 7.58. The van der Waals surface area contributed by atoms with E-state index in [9.17, 15) is 8.42 Å². The quantitative estimate of drug-likeness (QED) is 0.369. The second-order valence-electron chi connectivity index (χ2n) is 6.05. The summed E-state index contributed by atoms with van der Waals surface area (Å²) in [6.45, 7) is 1.53. The zero-order valence-corrected chi connectivity index (χ0v) is 18.2. The minimum absolute atomic E-state index is 0.0245. The normalized spacial score (nSPS) is 18.3. The maximum absolute atomic E-state index is 12.3. The first-order valence-corrected chi connectivity index (χ1v) is 13.1. The van der Waals surface area contributed by atoms with Crippen LogP contribution in [0.5, 0.6) is 0 Å². The zero-order valence-electron chi connectivity index (χ0n) is 13.8. The van der Waals surface area contributed by atoms with E-state index in [2.05, 4.69) is 7.84 Å². The third kappa shape index (κ3) is 4.14. The van der Waals surface area contributed by atoms with Gasteiger partial charge in [0, 0.05) is 0 Å². The number of likely N-dealkylation sites (N-methyl/N-ethyl adjacent to an activating group) is 1. The van der Waals surface area contributed by atoms with E-state index in [-0.39, 0.29) is 5.92 Å². The minimum atomic E-state index is -3.45. The van der Waals surface area contributed by atoms with E-state index in [0.717, 1.165) is 29.8 Å². The molecule has 1 aliphatic rings.